The molecule has 1 fully saturated rings. The number of nitrogen functional groups attached to an aromatic ring is 1. The van der Waals surface area contributed by atoms with Gasteiger partial charge in [0.15, 0.2) is 5.82 Å². The Morgan fingerprint density at radius 2 is 1.90 bits per heavy atom. The molecule has 0 spiro atoms. The number of pyridine rings is 1. The maximum Gasteiger partial charge on any atom is 0.418 e. The van der Waals surface area contributed by atoms with Crippen molar-refractivity contribution in [1.82, 2.24) is 24.5 Å². The third-order valence-corrected chi connectivity index (χ3v) is 7.36. The number of aromatic nitrogens is 4. The predicted molar refractivity (Wildman–Crippen MR) is 135 cm³/mol. The number of likely N-dealkylation sites (tertiary alicyclic amines) is 1. The summed E-state index contributed by atoms with van der Waals surface area (Å²) in [7, 11) is 0. The van der Waals surface area contributed by atoms with Crippen LogP contribution in [0.25, 0.3) is 16.8 Å². The van der Waals surface area contributed by atoms with Gasteiger partial charge < -0.3 is 15.7 Å². The number of piperidine rings is 1. The Kier molecular flexibility index (Phi) is 6.53. The van der Waals surface area contributed by atoms with Gasteiger partial charge in [-0.2, -0.15) is 18.3 Å². The number of anilines is 1. The van der Waals surface area contributed by atoms with Crippen LogP contribution in [0.1, 0.15) is 53.0 Å². The van der Waals surface area contributed by atoms with Gasteiger partial charge in [0.05, 0.1) is 28.6 Å². The molecule has 12 heteroatoms. The number of aliphatic hydroxyl groups is 1. The van der Waals surface area contributed by atoms with Crippen molar-refractivity contribution in [3.8, 4) is 11.3 Å². The Hall–Kier alpha value is -4.06. The van der Waals surface area contributed by atoms with Gasteiger partial charge in [-0.15, -0.1) is 0 Å². The minimum Gasteiger partial charge on any atom is -0.388 e. The van der Waals surface area contributed by atoms with Crippen LogP contribution in [0, 0.1) is 18.2 Å². The molecule has 2 atom stereocenters. The van der Waals surface area contributed by atoms with E-state index in [-0.39, 0.29) is 40.6 Å². The summed E-state index contributed by atoms with van der Waals surface area (Å²) in [4.78, 5) is 23.3. The number of amides is 1. The van der Waals surface area contributed by atoms with E-state index in [1.807, 2.05) is 6.92 Å². The zero-order chi connectivity index (χ0) is 28.1. The number of rotatable bonds is 4. The summed E-state index contributed by atoms with van der Waals surface area (Å²) < 4.78 is 55.8. The zero-order valence-electron chi connectivity index (χ0n) is 21.2. The third-order valence-electron chi connectivity index (χ3n) is 7.36. The van der Waals surface area contributed by atoms with Crippen molar-refractivity contribution < 1.29 is 27.5 Å². The Morgan fingerprint density at radius 3 is 2.59 bits per heavy atom. The van der Waals surface area contributed by atoms with Crippen molar-refractivity contribution in [1.29, 1.82) is 0 Å². The molecule has 2 unspecified atom stereocenters. The maximum atomic E-state index is 13.8. The van der Waals surface area contributed by atoms with Crippen molar-refractivity contribution >= 4 is 17.2 Å². The number of alkyl halides is 3. The van der Waals surface area contributed by atoms with E-state index in [0.29, 0.717) is 30.6 Å². The Morgan fingerprint density at radius 1 is 1.18 bits per heavy atom. The van der Waals surface area contributed by atoms with Crippen LogP contribution in [-0.4, -0.2) is 48.6 Å². The first kappa shape index (κ1) is 26.5. The standard InChI is InChI=1S/C27H26F4N6O2/c1-15-19(25(39)36-9-3-8-26(2,13-36)23(38)16-4-6-18(28)7-5-16)10-17(12-33-15)21-11-20(27(29,30)31)22-24(32)34-14-35-37(21)22/h4-7,10-12,14,23,38H,3,8-9,13H2,1-2H3,(H2,32,34,35). The zero-order valence-corrected chi connectivity index (χ0v) is 21.2. The minimum absolute atomic E-state index is 0.0585. The van der Waals surface area contributed by atoms with Gasteiger partial charge in [-0.05, 0) is 49.6 Å². The summed E-state index contributed by atoms with van der Waals surface area (Å²) in [6.45, 7) is 4.18. The molecule has 4 aromatic rings. The van der Waals surface area contributed by atoms with E-state index in [4.69, 9.17) is 5.73 Å². The first-order chi connectivity index (χ1) is 18.4. The largest absolute Gasteiger partial charge is 0.418 e. The van der Waals surface area contributed by atoms with E-state index in [0.717, 1.165) is 16.9 Å². The molecular formula is C27H26F4N6O2. The number of carbonyl (C=O) groups excluding carboxylic acids is 1. The van der Waals surface area contributed by atoms with E-state index in [1.54, 1.807) is 11.8 Å². The maximum absolute atomic E-state index is 13.8. The number of fused-ring (bicyclic) bond motifs is 1. The van der Waals surface area contributed by atoms with E-state index in [9.17, 15) is 27.5 Å². The number of benzene rings is 1. The summed E-state index contributed by atoms with van der Waals surface area (Å²) in [6.07, 6.45) is -1.93. The molecule has 1 saturated heterocycles. The second-order valence-electron chi connectivity index (χ2n) is 10.1. The smallest absolute Gasteiger partial charge is 0.388 e. The monoisotopic (exact) mass is 542 g/mol. The van der Waals surface area contributed by atoms with E-state index < -0.39 is 29.1 Å². The molecule has 0 saturated carbocycles. The highest BCUT2D eigenvalue weighted by molar-refractivity contribution is 5.96. The Labute approximate surface area is 221 Å². The van der Waals surface area contributed by atoms with Crippen molar-refractivity contribution in [3.05, 3.63) is 77.1 Å². The van der Waals surface area contributed by atoms with Crippen LogP contribution in [-0.2, 0) is 6.18 Å². The van der Waals surface area contributed by atoms with Gasteiger partial charge in [0.1, 0.15) is 17.7 Å². The molecule has 1 aliphatic rings. The summed E-state index contributed by atoms with van der Waals surface area (Å²) in [5.74, 6) is -1.09. The van der Waals surface area contributed by atoms with Crippen LogP contribution >= 0.6 is 0 Å². The molecule has 39 heavy (non-hydrogen) atoms. The van der Waals surface area contributed by atoms with E-state index in [2.05, 4.69) is 15.1 Å². The molecule has 1 aliphatic heterocycles. The Balaban J connectivity index is 1.49. The fourth-order valence-corrected chi connectivity index (χ4v) is 5.26. The number of hydrogen-bond acceptors (Lipinski definition) is 6. The first-order valence-electron chi connectivity index (χ1n) is 12.3. The van der Waals surface area contributed by atoms with Gasteiger partial charge in [0.25, 0.3) is 5.91 Å². The molecular weight excluding hydrogens is 516 g/mol. The minimum atomic E-state index is -4.71. The van der Waals surface area contributed by atoms with E-state index in [1.165, 1.54) is 36.5 Å². The number of halogens is 4. The van der Waals surface area contributed by atoms with Crippen LogP contribution in [0.5, 0.6) is 0 Å². The summed E-state index contributed by atoms with van der Waals surface area (Å²) in [6, 6.07) is 8.02. The van der Waals surface area contributed by atoms with Gasteiger partial charge in [0.2, 0.25) is 0 Å². The van der Waals surface area contributed by atoms with E-state index >= 15 is 0 Å². The third kappa shape index (κ3) is 4.80. The van der Waals surface area contributed by atoms with Gasteiger partial charge in [-0.1, -0.05) is 19.1 Å². The lowest BCUT2D eigenvalue weighted by atomic mass is 9.74. The average molecular weight is 543 g/mol. The lowest BCUT2D eigenvalue weighted by Gasteiger charge is -2.43. The lowest BCUT2D eigenvalue weighted by Crippen LogP contribution is -2.47. The molecule has 1 amide bonds. The molecule has 0 aliphatic carbocycles. The SMILES string of the molecule is Cc1ncc(-c2cc(C(F)(F)F)c3c(N)ncnn23)cc1C(=O)N1CCCC(C)(C(O)c2ccc(F)cc2)C1. The molecule has 0 radical (unpaired) electrons. The van der Waals surface area contributed by atoms with Gasteiger partial charge in [-0.25, -0.2) is 13.9 Å². The van der Waals surface area contributed by atoms with Crippen LogP contribution in [0.15, 0.2) is 48.9 Å². The van der Waals surface area contributed by atoms with Crippen molar-refractivity contribution in [2.24, 2.45) is 5.41 Å². The highest BCUT2D eigenvalue weighted by Gasteiger charge is 2.40. The average Bonchev–Trinajstić information content (AvgIpc) is 3.30. The van der Waals surface area contributed by atoms with Gasteiger partial charge in [0, 0.05) is 30.3 Å². The molecule has 5 rings (SSSR count). The molecule has 204 valence electrons. The molecule has 4 heterocycles. The predicted octanol–water partition coefficient (Wildman–Crippen LogP) is 4.82. The van der Waals surface area contributed by atoms with Crippen molar-refractivity contribution in [3.63, 3.8) is 0 Å². The quantitative estimate of drug-likeness (QED) is 0.358. The summed E-state index contributed by atoms with van der Waals surface area (Å²) >= 11 is 0. The number of aryl methyl sites for hydroxylation is 1. The number of nitrogens with two attached hydrogens (primary N) is 1. The van der Waals surface area contributed by atoms with Crippen LogP contribution < -0.4 is 5.73 Å². The van der Waals surface area contributed by atoms with Crippen LogP contribution in [0.4, 0.5) is 23.4 Å². The highest BCUT2D eigenvalue weighted by Crippen LogP contribution is 2.42. The molecule has 0 bridgehead atoms. The second-order valence-corrected chi connectivity index (χ2v) is 10.1. The molecule has 3 aromatic heterocycles. The summed E-state index contributed by atoms with van der Waals surface area (Å²) in [5, 5.41) is 15.1. The molecule has 1 aromatic carbocycles. The Bertz CT molecular complexity index is 1550. The van der Waals surface area contributed by atoms with Crippen LogP contribution in [0.2, 0.25) is 0 Å². The van der Waals surface area contributed by atoms with Crippen molar-refractivity contribution in [2.45, 2.75) is 39.0 Å². The van der Waals surface area contributed by atoms with Crippen LogP contribution in [0.3, 0.4) is 0 Å². The number of carbonyl (C=O) groups is 1. The topological polar surface area (TPSA) is 110 Å². The highest BCUT2D eigenvalue weighted by atomic mass is 19.4. The number of aliphatic hydroxyl groups excluding tert-OH is 1. The normalized spacial score (nSPS) is 18.9. The number of nitrogens with zero attached hydrogens (tertiary/aromatic N) is 5. The first-order valence-corrected chi connectivity index (χ1v) is 12.3. The number of hydrogen-bond donors (Lipinski definition) is 2. The van der Waals surface area contributed by atoms with Gasteiger partial charge in [-0.3, -0.25) is 9.78 Å². The van der Waals surface area contributed by atoms with Gasteiger partial charge >= 0.3 is 6.18 Å². The lowest BCUT2D eigenvalue weighted by molar-refractivity contribution is -0.136. The second kappa shape index (κ2) is 9.60. The fourth-order valence-electron chi connectivity index (χ4n) is 5.26. The molecule has 3 N–H and O–H groups in total. The molecule has 8 nitrogen and oxygen atoms in total. The summed E-state index contributed by atoms with van der Waals surface area (Å²) in [5.41, 5.74) is 5.17. The fraction of sp³-hybridized carbons (Fsp3) is 0.333. The van der Waals surface area contributed by atoms with Crippen molar-refractivity contribution in [2.75, 3.05) is 18.8 Å².